The van der Waals surface area contributed by atoms with E-state index in [0.29, 0.717) is 0 Å². The fraction of sp³-hybridized carbons (Fsp3) is 0.600. The average molecular weight is 423 g/mol. The Morgan fingerprint density at radius 3 is 1.19 bits per heavy atom. The number of hydrogen-bond donors (Lipinski definition) is 0. The molecule has 2 rings (SSSR count). The summed E-state index contributed by atoms with van der Waals surface area (Å²) in [6.45, 7) is 19.9. The standard InChI is InChI=1S/C30H46O/c1-9-23-15-17-27(19-25(23)11-3)29(7,13-5)21-31-22-30(8,14-6)28-18-16-24(10-2)26(12-4)20-28/h15-20H,9-14,21-22H2,1-8H3. The number of benzene rings is 2. The molecule has 2 atom stereocenters. The molecule has 172 valence electrons. The molecule has 0 aromatic heterocycles. The molecule has 0 spiro atoms. The Kier molecular flexibility index (Phi) is 9.37. The lowest BCUT2D eigenvalue weighted by atomic mass is 9.78. The Morgan fingerprint density at radius 2 is 0.903 bits per heavy atom. The van der Waals surface area contributed by atoms with E-state index in [1.807, 2.05) is 0 Å². The monoisotopic (exact) mass is 422 g/mol. The van der Waals surface area contributed by atoms with Crippen LogP contribution in [0.25, 0.3) is 0 Å². The zero-order chi connectivity index (χ0) is 23.1. The lowest BCUT2D eigenvalue weighted by Crippen LogP contribution is -2.33. The van der Waals surface area contributed by atoms with Crippen LogP contribution in [0.1, 0.15) is 102 Å². The van der Waals surface area contributed by atoms with E-state index < -0.39 is 0 Å². The minimum Gasteiger partial charge on any atom is -0.380 e. The first-order chi connectivity index (χ1) is 14.8. The van der Waals surface area contributed by atoms with E-state index in [2.05, 4.69) is 91.8 Å². The van der Waals surface area contributed by atoms with Gasteiger partial charge >= 0.3 is 0 Å². The maximum absolute atomic E-state index is 6.51. The molecule has 0 aliphatic carbocycles. The van der Waals surface area contributed by atoms with Gasteiger partial charge in [0, 0.05) is 10.8 Å². The van der Waals surface area contributed by atoms with Gasteiger partial charge in [0.1, 0.15) is 0 Å². The highest BCUT2D eigenvalue weighted by Gasteiger charge is 2.30. The predicted molar refractivity (Wildman–Crippen MR) is 137 cm³/mol. The smallest absolute Gasteiger partial charge is 0.0560 e. The number of hydrogen-bond acceptors (Lipinski definition) is 1. The predicted octanol–water partition coefficient (Wildman–Crippen LogP) is 7.99. The minimum absolute atomic E-state index is 0.0471. The average Bonchev–Trinajstić information content (AvgIpc) is 2.82. The molecule has 0 amide bonds. The van der Waals surface area contributed by atoms with Gasteiger partial charge in [-0.15, -0.1) is 0 Å². The lowest BCUT2D eigenvalue weighted by molar-refractivity contribution is 0.0510. The highest BCUT2D eigenvalue weighted by molar-refractivity contribution is 5.37. The SMILES string of the molecule is CCc1ccc(C(C)(CC)COCC(C)(CC)c2ccc(CC)c(CC)c2)cc1CC. The van der Waals surface area contributed by atoms with Crippen LogP contribution in [0.3, 0.4) is 0 Å². The van der Waals surface area contributed by atoms with Crippen molar-refractivity contribution >= 4 is 0 Å². The Morgan fingerprint density at radius 1 is 0.548 bits per heavy atom. The maximum Gasteiger partial charge on any atom is 0.0560 e. The maximum atomic E-state index is 6.51. The molecule has 0 saturated heterocycles. The summed E-state index contributed by atoms with van der Waals surface area (Å²) in [5, 5.41) is 0. The van der Waals surface area contributed by atoms with Crippen LogP contribution < -0.4 is 0 Å². The van der Waals surface area contributed by atoms with Crippen molar-refractivity contribution in [3.05, 3.63) is 69.8 Å². The third-order valence-electron chi connectivity index (χ3n) is 7.73. The molecule has 0 heterocycles. The van der Waals surface area contributed by atoms with E-state index in [-0.39, 0.29) is 10.8 Å². The van der Waals surface area contributed by atoms with Crippen LogP contribution in [0.5, 0.6) is 0 Å². The molecule has 0 aliphatic heterocycles. The van der Waals surface area contributed by atoms with Gasteiger partial charge in [0.15, 0.2) is 0 Å². The van der Waals surface area contributed by atoms with E-state index in [9.17, 15) is 0 Å². The summed E-state index contributed by atoms with van der Waals surface area (Å²) in [4.78, 5) is 0. The summed E-state index contributed by atoms with van der Waals surface area (Å²) in [6, 6.07) is 14.2. The third-order valence-corrected chi connectivity index (χ3v) is 7.73. The van der Waals surface area contributed by atoms with Gasteiger partial charge in [-0.3, -0.25) is 0 Å². The number of rotatable bonds is 12. The van der Waals surface area contributed by atoms with Crippen molar-refractivity contribution in [1.82, 2.24) is 0 Å². The van der Waals surface area contributed by atoms with Crippen molar-refractivity contribution < 1.29 is 4.74 Å². The van der Waals surface area contributed by atoms with E-state index in [1.54, 1.807) is 0 Å². The van der Waals surface area contributed by atoms with Crippen molar-refractivity contribution in [1.29, 1.82) is 0 Å². The quantitative estimate of drug-likeness (QED) is 0.337. The largest absolute Gasteiger partial charge is 0.380 e. The van der Waals surface area contributed by atoms with Crippen LogP contribution in [0.2, 0.25) is 0 Å². The van der Waals surface area contributed by atoms with Crippen LogP contribution in [-0.4, -0.2) is 13.2 Å². The summed E-state index contributed by atoms with van der Waals surface area (Å²) >= 11 is 0. The van der Waals surface area contributed by atoms with Gasteiger partial charge in [-0.25, -0.2) is 0 Å². The Bertz CT molecular complexity index is 767. The van der Waals surface area contributed by atoms with Crippen LogP contribution in [0, 0.1) is 0 Å². The second-order valence-electron chi connectivity index (χ2n) is 9.70. The molecule has 2 aromatic rings. The van der Waals surface area contributed by atoms with Gasteiger partial charge in [0.2, 0.25) is 0 Å². The molecule has 31 heavy (non-hydrogen) atoms. The summed E-state index contributed by atoms with van der Waals surface area (Å²) in [5.41, 5.74) is 8.86. The normalized spacial score (nSPS) is 15.5. The number of ether oxygens (including phenoxy) is 1. The molecule has 0 fully saturated rings. The zero-order valence-electron chi connectivity index (χ0n) is 21.5. The first-order valence-corrected chi connectivity index (χ1v) is 12.6. The van der Waals surface area contributed by atoms with E-state index in [0.717, 1.165) is 51.7 Å². The summed E-state index contributed by atoms with van der Waals surface area (Å²) < 4.78 is 6.51. The molecule has 0 saturated carbocycles. The second-order valence-corrected chi connectivity index (χ2v) is 9.70. The highest BCUT2D eigenvalue weighted by Crippen LogP contribution is 2.33. The molecular formula is C30H46O. The molecule has 0 radical (unpaired) electrons. The molecule has 2 unspecified atom stereocenters. The van der Waals surface area contributed by atoms with Crippen molar-refractivity contribution in [2.24, 2.45) is 0 Å². The van der Waals surface area contributed by atoms with Crippen molar-refractivity contribution in [2.45, 2.75) is 105 Å². The van der Waals surface area contributed by atoms with Crippen molar-refractivity contribution in [3.63, 3.8) is 0 Å². The first kappa shape index (κ1) is 25.7. The second kappa shape index (κ2) is 11.3. The van der Waals surface area contributed by atoms with Gasteiger partial charge in [-0.1, -0.05) is 91.8 Å². The molecular weight excluding hydrogens is 376 g/mol. The van der Waals surface area contributed by atoms with Crippen LogP contribution in [0.15, 0.2) is 36.4 Å². The van der Waals surface area contributed by atoms with E-state index in [4.69, 9.17) is 4.74 Å². The van der Waals surface area contributed by atoms with Gasteiger partial charge in [0.25, 0.3) is 0 Å². The third kappa shape index (κ3) is 5.80. The molecule has 1 nitrogen and oxygen atoms in total. The molecule has 0 bridgehead atoms. The summed E-state index contributed by atoms with van der Waals surface area (Å²) in [7, 11) is 0. The Labute approximate surface area is 192 Å². The Balaban J connectivity index is 2.19. The van der Waals surface area contributed by atoms with Crippen LogP contribution in [-0.2, 0) is 41.3 Å². The summed E-state index contributed by atoms with van der Waals surface area (Å²) in [6.07, 6.45) is 6.56. The van der Waals surface area contributed by atoms with Gasteiger partial charge in [-0.05, 0) is 71.9 Å². The molecule has 0 aliphatic rings. The fourth-order valence-electron chi connectivity index (χ4n) is 4.63. The van der Waals surface area contributed by atoms with Gasteiger partial charge < -0.3 is 4.74 Å². The Hall–Kier alpha value is -1.60. The van der Waals surface area contributed by atoms with Gasteiger partial charge in [0.05, 0.1) is 13.2 Å². The van der Waals surface area contributed by atoms with Crippen molar-refractivity contribution in [2.75, 3.05) is 13.2 Å². The lowest BCUT2D eigenvalue weighted by Gasteiger charge is -2.34. The van der Waals surface area contributed by atoms with Gasteiger partial charge in [-0.2, -0.15) is 0 Å². The summed E-state index contributed by atoms with van der Waals surface area (Å²) in [5.74, 6) is 0. The van der Waals surface area contributed by atoms with E-state index >= 15 is 0 Å². The van der Waals surface area contributed by atoms with Crippen molar-refractivity contribution in [3.8, 4) is 0 Å². The molecule has 1 heteroatoms. The van der Waals surface area contributed by atoms with E-state index in [1.165, 1.54) is 33.4 Å². The fourth-order valence-corrected chi connectivity index (χ4v) is 4.63. The first-order valence-electron chi connectivity index (χ1n) is 12.6. The van der Waals surface area contributed by atoms with Crippen LogP contribution in [0.4, 0.5) is 0 Å². The zero-order valence-corrected chi connectivity index (χ0v) is 21.5. The van der Waals surface area contributed by atoms with Crippen LogP contribution >= 0.6 is 0 Å². The highest BCUT2D eigenvalue weighted by atomic mass is 16.5. The minimum atomic E-state index is 0.0471. The number of aryl methyl sites for hydroxylation is 4. The topological polar surface area (TPSA) is 9.23 Å². The molecule has 2 aromatic carbocycles. The molecule has 0 N–H and O–H groups in total.